The Morgan fingerprint density at radius 3 is 1.64 bits per heavy atom. The first-order valence-corrected chi connectivity index (χ1v) is 4.21. The normalized spacial score (nSPS) is 8.00. The molecule has 0 fully saturated rings. The topological polar surface area (TPSA) is 9.23 Å². The highest BCUT2D eigenvalue weighted by atomic mass is 16.5. The second-order valence-electron chi connectivity index (χ2n) is 1.18. The van der Waals surface area contributed by atoms with Gasteiger partial charge in [-0.2, -0.15) is 0 Å². The van der Waals surface area contributed by atoms with Crippen molar-refractivity contribution in [3.63, 3.8) is 0 Å². The summed E-state index contributed by atoms with van der Waals surface area (Å²) in [7, 11) is 0. The molecular formula is C10H22O. The van der Waals surface area contributed by atoms with E-state index in [1.54, 1.807) is 0 Å². The van der Waals surface area contributed by atoms with Gasteiger partial charge in [-0.15, -0.1) is 0 Å². The molecule has 0 spiro atoms. The molecule has 0 saturated carbocycles. The highest BCUT2D eigenvalue weighted by Crippen LogP contribution is 1.91. The van der Waals surface area contributed by atoms with E-state index in [0.29, 0.717) is 0 Å². The van der Waals surface area contributed by atoms with Gasteiger partial charge < -0.3 is 4.74 Å². The number of allylic oxidation sites excluding steroid dienone is 2. The second kappa shape index (κ2) is 22.8. The summed E-state index contributed by atoms with van der Waals surface area (Å²) in [6.45, 7) is 15.2. The van der Waals surface area contributed by atoms with Crippen LogP contribution in [0.1, 0.15) is 41.5 Å². The summed E-state index contributed by atoms with van der Waals surface area (Å²) in [6, 6.07) is 0. The third-order valence-electron chi connectivity index (χ3n) is 0.676. The van der Waals surface area contributed by atoms with E-state index in [2.05, 4.69) is 6.58 Å². The van der Waals surface area contributed by atoms with Crippen molar-refractivity contribution in [3.8, 4) is 0 Å². The van der Waals surface area contributed by atoms with E-state index in [1.807, 2.05) is 47.6 Å². The molecule has 0 aliphatic heterocycles. The molecule has 0 amide bonds. The van der Waals surface area contributed by atoms with Crippen LogP contribution in [0.25, 0.3) is 0 Å². The Morgan fingerprint density at radius 1 is 1.18 bits per heavy atom. The molecule has 68 valence electrons. The quantitative estimate of drug-likeness (QED) is 0.549. The van der Waals surface area contributed by atoms with Crippen molar-refractivity contribution in [2.75, 3.05) is 0 Å². The zero-order chi connectivity index (χ0) is 9.70. The molecule has 0 radical (unpaired) electrons. The SMILES string of the molecule is C=CO/C(C)=C\C.CC.CC. The van der Waals surface area contributed by atoms with Crippen LogP contribution in [0.4, 0.5) is 0 Å². The van der Waals surface area contributed by atoms with Gasteiger partial charge in [0.1, 0.15) is 0 Å². The summed E-state index contributed by atoms with van der Waals surface area (Å²) in [6.07, 6.45) is 3.29. The monoisotopic (exact) mass is 158 g/mol. The van der Waals surface area contributed by atoms with Gasteiger partial charge in [0.2, 0.25) is 0 Å². The van der Waals surface area contributed by atoms with Crippen LogP contribution in [0.15, 0.2) is 24.7 Å². The maximum atomic E-state index is 4.82. The summed E-state index contributed by atoms with van der Waals surface area (Å²) in [4.78, 5) is 0. The molecule has 0 aliphatic rings. The summed E-state index contributed by atoms with van der Waals surface area (Å²) in [5.41, 5.74) is 0. The fourth-order valence-electron chi connectivity index (χ4n) is 0.199. The largest absolute Gasteiger partial charge is 0.471 e. The van der Waals surface area contributed by atoms with E-state index in [-0.39, 0.29) is 0 Å². The lowest BCUT2D eigenvalue weighted by Crippen LogP contribution is -1.72. The van der Waals surface area contributed by atoms with Crippen LogP contribution < -0.4 is 0 Å². The number of ether oxygens (including phenoxy) is 1. The van der Waals surface area contributed by atoms with E-state index < -0.39 is 0 Å². The molecule has 1 heteroatoms. The van der Waals surface area contributed by atoms with Crippen molar-refractivity contribution in [2.24, 2.45) is 0 Å². The van der Waals surface area contributed by atoms with E-state index in [1.165, 1.54) is 6.26 Å². The Kier molecular flexibility index (Phi) is 34.7. The first-order valence-electron chi connectivity index (χ1n) is 4.21. The maximum Gasteiger partial charge on any atom is 0.0958 e. The molecule has 0 aliphatic carbocycles. The predicted molar refractivity (Wildman–Crippen MR) is 53.4 cm³/mol. The summed E-state index contributed by atoms with van der Waals surface area (Å²) in [5.74, 6) is 0.884. The van der Waals surface area contributed by atoms with Crippen molar-refractivity contribution in [1.29, 1.82) is 0 Å². The van der Waals surface area contributed by atoms with Gasteiger partial charge in [-0.05, 0) is 19.9 Å². The Hall–Kier alpha value is -0.720. The minimum atomic E-state index is 0.884. The van der Waals surface area contributed by atoms with Gasteiger partial charge >= 0.3 is 0 Å². The van der Waals surface area contributed by atoms with Crippen molar-refractivity contribution in [2.45, 2.75) is 41.5 Å². The van der Waals surface area contributed by atoms with Gasteiger partial charge in [-0.1, -0.05) is 34.3 Å². The van der Waals surface area contributed by atoms with Crippen LogP contribution in [0, 0.1) is 0 Å². The van der Waals surface area contributed by atoms with Crippen LogP contribution in [0.2, 0.25) is 0 Å². The Bertz CT molecular complexity index is 82.9. The van der Waals surface area contributed by atoms with Crippen molar-refractivity contribution in [1.82, 2.24) is 0 Å². The van der Waals surface area contributed by atoms with Gasteiger partial charge in [0, 0.05) is 0 Å². The van der Waals surface area contributed by atoms with Crippen molar-refractivity contribution in [3.05, 3.63) is 24.7 Å². The fraction of sp³-hybridized carbons (Fsp3) is 0.600. The molecular weight excluding hydrogens is 136 g/mol. The van der Waals surface area contributed by atoms with E-state index in [9.17, 15) is 0 Å². The standard InChI is InChI=1S/C6H10O.2C2H6/c1-4-6(3)7-5-2;2*1-2/h4-5H,2H2,1,3H3;2*1-2H3/b6-4-;;. The minimum absolute atomic E-state index is 0.884. The zero-order valence-corrected chi connectivity index (χ0v) is 8.77. The fourth-order valence-corrected chi connectivity index (χ4v) is 0.199. The molecule has 0 unspecified atom stereocenters. The number of rotatable bonds is 2. The lowest BCUT2D eigenvalue weighted by molar-refractivity contribution is 0.354. The zero-order valence-electron chi connectivity index (χ0n) is 8.77. The average molecular weight is 158 g/mol. The van der Waals surface area contributed by atoms with Gasteiger partial charge in [-0.25, -0.2) is 0 Å². The van der Waals surface area contributed by atoms with E-state index >= 15 is 0 Å². The van der Waals surface area contributed by atoms with E-state index in [0.717, 1.165) is 5.76 Å². The van der Waals surface area contributed by atoms with Crippen LogP contribution >= 0.6 is 0 Å². The lowest BCUT2D eigenvalue weighted by atomic mass is 10.5. The maximum absolute atomic E-state index is 4.82. The van der Waals surface area contributed by atoms with Crippen molar-refractivity contribution < 1.29 is 4.74 Å². The summed E-state index contributed by atoms with van der Waals surface area (Å²) >= 11 is 0. The Balaban J connectivity index is -0.000000138. The van der Waals surface area contributed by atoms with Crippen molar-refractivity contribution >= 4 is 0 Å². The molecule has 1 nitrogen and oxygen atoms in total. The first kappa shape index (κ1) is 16.7. The molecule has 0 heterocycles. The van der Waals surface area contributed by atoms with Gasteiger partial charge in [0.15, 0.2) is 0 Å². The number of hydrogen-bond acceptors (Lipinski definition) is 1. The molecule has 0 rings (SSSR count). The van der Waals surface area contributed by atoms with Crippen LogP contribution in [0.5, 0.6) is 0 Å². The van der Waals surface area contributed by atoms with Gasteiger partial charge in [0.25, 0.3) is 0 Å². The third-order valence-corrected chi connectivity index (χ3v) is 0.676. The highest BCUT2D eigenvalue weighted by molar-refractivity contribution is 4.85. The molecule has 0 N–H and O–H groups in total. The summed E-state index contributed by atoms with van der Waals surface area (Å²) in [5, 5.41) is 0. The average Bonchev–Trinajstić information content (AvgIpc) is 2.12. The van der Waals surface area contributed by atoms with Crippen LogP contribution in [-0.4, -0.2) is 0 Å². The molecule has 11 heavy (non-hydrogen) atoms. The third kappa shape index (κ3) is 26.8. The Labute approximate surface area is 71.8 Å². The Morgan fingerprint density at radius 2 is 1.55 bits per heavy atom. The highest BCUT2D eigenvalue weighted by Gasteiger charge is 1.75. The van der Waals surface area contributed by atoms with Crippen LogP contribution in [-0.2, 0) is 4.74 Å². The summed E-state index contributed by atoms with van der Waals surface area (Å²) < 4.78 is 4.82. The lowest BCUT2D eigenvalue weighted by Gasteiger charge is -1.93. The molecule has 0 saturated heterocycles. The second-order valence-corrected chi connectivity index (χ2v) is 1.18. The predicted octanol–water partition coefficient (Wildman–Crippen LogP) is 4.12. The van der Waals surface area contributed by atoms with Gasteiger partial charge in [-0.3, -0.25) is 0 Å². The molecule has 0 bridgehead atoms. The van der Waals surface area contributed by atoms with Gasteiger partial charge in [0.05, 0.1) is 12.0 Å². The minimum Gasteiger partial charge on any atom is -0.471 e. The van der Waals surface area contributed by atoms with Crippen LogP contribution in [0.3, 0.4) is 0 Å². The van der Waals surface area contributed by atoms with E-state index in [4.69, 9.17) is 4.74 Å². The molecule has 0 atom stereocenters. The number of hydrogen-bond donors (Lipinski definition) is 0. The molecule has 0 aromatic heterocycles. The molecule has 0 aromatic carbocycles. The smallest absolute Gasteiger partial charge is 0.0958 e. The molecule has 0 aromatic rings. The first-order chi connectivity index (χ1) is 5.31.